The predicted molar refractivity (Wildman–Crippen MR) is 211 cm³/mol. The number of aromatic nitrogens is 1. The van der Waals surface area contributed by atoms with E-state index >= 15 is 4.79 Å². The van der Waals surface area contributed by atoms with E-state index in [-0.39, 0.29) is 42.6 Å². The van der Waals surface area contributed by atoms with Gasteiger partial charge in [0.1, 0.15) is 11.5 Å². The van der Waals surface area contributed by atoms with E-state index in [2.05, 4.69) is 10.4 Å². The number of fused-ring (bicyclic) bond motifs is 5. The van der Waals surface area contributed by atoms with Gasteiger partial charge in [-0.05, 0) is 72.0 Å². The van der Waals surface area contributed by atoms with E-state index in [0.29, 0.717) is 56.2 Å². The molecule has 0 bridgehead atoms. The van der Waals surface area contributed by atoms with Crippen molar-refractivity contribution in [1.82, 2.24) is 14.9 Å². The Hall–Kier alpha value is -5.92. The van der Waals surface area contributed by atoms with Gasteiger partial charge < -0.3 is 10.2 Å². The summed E-state index contributed by atoms with van der Waals surface area (Å²) in [5, 5.41) is 23.7. The fraction of sp³-hybridized carbons (Fsp3) is 0.250. The molecule has 2 aliphatic carbocycles. The van der Waals surface area contributed by atoms with Crippen molar-refractivity contribution < 1.29 is 42.6 Å². The van der Waals surface area contributed by atoms with Crippen LogP contribution in [0.1, 0.15) is 41.0 Å². The highest BCUT2D eigenvalue weighted by molar-refractivity contribution is 6.33. The van der Waals surface area contributed by atoms with Gasteiger partial charge in [0.2, 0.25) is 11.8 Å². The Bertz CT molecular complexity index is 2620. The van der Waals surface area contributed by atoms with Crippen LogP contribution in [0.5, 0.6) is 11.5 Å². The van der Waals surface area contributed by atoms with E-state index in [4.69, 9.17) is 23.2 Å². The van der Waals surface area contributed by atoms with Crippen LogP contribution in [0.25, 0.3) is 10.8 Å². The number of aromatic hydroxyl groups is 2. The Morgan fingerprint density at radius 3 is 2.31 bits per heavy atom. The summed E-state index contributed by atoms with van der Waals surface area (Å²) in [5.41, 5.74) is 1.74. The minimum atomic E-state index is -4.76. The van der Waals surface area contributed by atoms with Gasteiger partial charge in [-0.1, -0.05) is 95.5 Å². The number of carbonyl (C=O) groups excluding carboxylic acids is 4. The average molecular weight is 842 g/mol. The first-order valence-electron chi connectivity index (χ1n) is 18.9. The number of phenols is 2. The predicted octanol–water partition coefficient (Wildman–Crippen LogP) is 8.20. The molecule has 3 N–H and O–H groups in total. The number of halogens is 5. The molecule has 0 unspecified atom stereocenters. The number of hydrogen-bond acceptors (Lipinski definition) is 8. The number of nitrogens with one attached hydrogen (secondary N) is 1. The second-order valence-electron chi connectivity index (χ2n) is 15.4. The van der Waals surface area contributed by atoms with Crippen LogP contribution >= 0.6 is 23.2 Å². The maximum Gasteiger partial charge on any atom is 0.417 e. The van der Waals surface area contributed by atoms with Crippen LogP contribution in [0, 0.1) is 23.7 Å². The third kappa shape index (κ3) is 6.04. The quantitative estimate of drug-likeness (QED) is 0.110. The number of carbonyl (C=O) groups is 4. The zero-order chi connectivity index (χ0) is 41.5. The molecule has 9 rings (SSSR count). The molecule has 0 spiro atoms. The fourth-order valence-electron chi connectivity index (χ4n) is 9.82. The minimum Gasteiger partial charge on any atom is -0.508 e. The first-order chi connectivity index (χ1) is 28.2. The highest BCUT2D eigenvalue weighted by Crippen LogP contribution is 2.65. The lowest BCUT2D eigenvalue weighted by atomic mass is 9.49. The molecule has 1 aromatic heterocycles. The van der Waals surface area contributed by atoms with Crippen LogP contribution in [0.3, 0.4) is 0 Å². The van der Waals surface area contributed by atoms with Crippen molar-refractivity contribution in [3.63, 3.8) is 0 Å². The van der Waals surface area contributed by atoms with Gasteiger partial charge in [-0.15, -0.1) is 0 Å². The molecule has 4 amide bonds. The molecule has 2 aliphatic heterocycles. The summed E-state index contributed by atoms with van der Waals surface area (Å²) in [7, 11) is 0. The van der Waals surface area contributed by atoms with Gasteiger partial charge in [0, 0.05) is 34.6 Å². The highest BCUT2D eigenvalue weighted by Gasteiger charge is 2.70. The number of imide groups is 2. The number of likely N-dealkylation sites (tertiary alicyclic amines) is 1. The van der Waals surface area contributed by atoms with Gasteiger partial charge in [-0.25, -0.2) is 4.98 Å². The highest BCUT2D eigenvalue weighted by atomic mass is 35.5. The Morgan fingerprint density at radius 1 is 0.864 bits per heavy atom. The zero-order valence-electron chi connectivity index (χ0n) is 30.8. The van der Waals surface area contributed by atoms with Crippen molar-refractivity contribution in [2.75, 3.05) is 12.0 Å². The summed E-state index contributed by atoms with van der Waals surface area (Å²) < 4.78 is 40.6. The van der Waals surface area contributed by atoms with Gasteiger partial charge in [-0.3, -0.25) is 29.5 Å². The number of benzene rings is 4. The number of phenolic OH excluding ortho intramolecular Hbond substituents is 2. The Kier molecular flexibility index (Phi) is 9.24. The molecule has 3 heterocycles. The van der Waals surface area contributed by atoms with E-state index < -0.39 is 69.5 Å². The second kappa shape index (κ2) is 14.1. The van der Waals surface area contributed by atoms with E-state index in [9.17, 15) is 37.8 Å². The molecule has 0 radical (unpaired) electrons. The number of amides is 4. The average Bonchev–Trinajstić information content (AvgIpc) is 3.58. The normalized spacial score (nSPS) is 25.2. The summed E-state index contributed by atoms with van der Waals surface area (Å²) in [4.78, 5) is 64.1. The molecular weight excluding hydrogens is 808 g/mol. The molecule has 4 aromatic carbocycles. The molecule has 2 saturated heterocycles. The monoisotopic (exact) mass is 840 g/mol. The van der Waals surface area contributed by atoms with E-state index in [1.807, 2.05) is 18.2 Å². The lowest BCUT2D eigenvalue weighted by Crippen LogP contribution is -2.53. The molecular formula is C44H33Cl2F3N4O6. The van der Waals surface area contributed by atoms with E-state index in [0.717, 1.165) is 5.56 Å². The first-order valence-corrected chi connectivity index (χ1v) is 19.6. The van der Waals surface area contributed by atoms with E-state index in [1.54, 1.807) is 60.7 Å². The number of nitrogens with zero attached hydrogens (tertiary/aromatic N) is 3. The number of rotatable bonds is 7. The van der Waals surface area contributed by atoms with Crippen LogP contribution in [0.4, 0.5) is 19.0 Å². The molecule has 4 aliphatic rings. The lowest BCUT2D eigenvalue weighted by Gasteiger charge is -2.50. The van der Waals surface area contributed by atoms with Crippen molar-refractivity contribution in [1.29, 1.82) is 0 Å². The van der Waals surface area contributed by atoms with Crippen LogP contribution < -0.4 is 5.43 Å². The molecule has 300 valence electrons. The van der Waals surface area contributed by atoms with Crippen LogP contribution in [-0.2, 0) is 37.2 Å². The smallest absolute Gasteiger partial charge is 0.417 e. The Morgan fingerprint density at radius 2 is 1.59 bits per heavy atom. The van der Waals surface area contributed by atoms with Crippen LogP contribution in [-0.4, -0.2) is 55.3 Å². The summed E-state index contributed by atoms with van der Waals surface area (Å²) in [5.74, 6) is -7.49. The van der Waals surface area contributed by atoms with Crippen LogP contribution in [0.15, 0.2) is 109 Å². The summed E-state index contributed by atoms with van der Waals surface area (Å²) in [6.07, 6.45) is -1.95. The Labute approximate surface area is 344 Å². The third-order valence-electron chi connectivity index (χ3n) is 12.5. The first kappa shape index (κ1) is 38.6. The number of alkyl halides is 3. The number of allylic oxidation sites excluding steroid dienone is 2. The number of anilines is 1. The number of hydrogen-bond donors (Lipinski definition) is 3. The standard InChI is InChI=1S/C44H33Cl2F3N4O6/c45-26-10-8-24(9-11-26)43-33(40(57)53(42(43)59)51-38-34(46)19-25(21-50-38)44(47,48)49)20-32-29(36(43)31-14-7-23-3-1-2-4-28(23)37(31)55)15-16-30-35(32)41(58)52(39(30)56)18-17-22-5-12-27(54)13-6-22/h1-15,19,21,30,32-33,35-36,54-55H,16-18,20H2,(H,50,51)/t30-,32+,33-,35-,36+,43+/m0/s1. The SMILES string of the molecule is O=C1[C@H]2[C@H](CC=C3[C@H]2C[C@H]2C(=O)N(Nc4ncc(C(F)(F)F)cc4Cl)C(=O)[C@@]2(c2ccc(Cl)cc2)[C@H]3c2ccc3ccccc3c2O)C(=O)N1CCc1ccc(O)cc1. The summed E-state index contributed by atoms with van der Waals surface area (Å²) in [6.45, 7) is 0.0839. The van der Waals surface area contributed by atoms with Gasteiger partial charge >= 0.3 is 6.18 Å². The molecule has 10 nitrogen and oxygen atoms in total. The maximum atomic E-state index is 15.5. The molecule has 1 saturated carbocycles. The molecule has 6 atom stereocenters. The number of pyridine rings is 1. The molecule has 59 heavy (non-hydrogen) atoms. The topological polar surface area (TPSA) is 140 Å². The number of hydrazine groups is 1. The van der Waals surface area contributed by atoms with Crippen LogP contribution in [0.2, 0.25) is 10.0 Å². The molecule has 15 heteroatoms. The second-order valence-corrected chi connectivity index (χ2v) is 16.2. The fourth-order valence-corrected chi connectivity index (χ4v) is 10.2. The third-order valence-corrected chi connectivity index (χ3v) is 13.0. The van der Waals surface area contributed by atoms with E-state index in [1.165, 1.54) is 17.0 Å². The van der Waals surface area contributed by atoms with Crippen molar-refractivity contribution in [2.45, 2.75) is 36.8 Å². The van der Waals surface area contributed by atoms with Crippen molar-refractivity contribution >= 4 is 63.4 Å². The zero-order valence-corrected chi connectivity index (χ0v) is 32.3. The maximum absolute atomic E-state index is 15.5. The van der Waals surface area contributed by atoms with Crippen molar-refractivity contribution in [3.05, 3.63) is 141 Å². The molecule has 5 aromatic rings. The van der Waals surface area contributed by atoms with Crippen molar-refractivity contribution in [2.24, 2.45) is 23.7 Å². The van der Waals surface area contributed by atoms with Gasteiger partial charge in [0.25, 0.3) is 11.8 Å². The Balaban J connectivity index is 1.20. The minimum absolute atomic E-state index is 0.0672. The summed E-state index contributed by atoms with van der Waals surface area (Å²) >= 11 is 12.7. The van der Waals surface area contributed by atoms with Gasteiger partial charge in [0.15, 0.2) is 5.82 Å². The molecule has 3 fully saturated rings. The lowest BCUT2D eigenvalue weighted by molar-refractivity contribution is -0.141. The van der Waals surface area contributed by atoms with Crippen molar-refractivity contribution in [3.8, 4) is 11.5 Å². The van der Waals surface area contributed by atoms with Gasteiger partial charge in [0.05, 0.1) is 33.8 Å². The largest absolute Gasteiger partial charge is 0.508 e. The summed E-state index contributed by atoms with van der Waals surface area (Å²) in [6, 6.07) is 24.1. The van der Waals surface area contributed by atoms with Gasteiger partial charge in [-0.2, -0.15) is 18.2 Å².